The zero-order valence-electron chi connectivity index (χ0n) is 7.93. The Morgan fingerprint density at radius 2 is 2.09 bits per heavy atom. The lowest BCUT2D eigenvalue weighted by atomic mass is 10.2. The quantitative estimate of drug-likeness (QED) is 0.425. The molecule has 64 valence electrons. The van der Waals surface area contributed by atoms with Crippen molar-refractivity contribution in [1.82, 2.24) is 0 Å². The van der Waals surface area contributed by atoms with Gasteiger partial charge in [0, 0.05) is 18.7 Å². The van der Waals surface area contributed by atoms with Crippen molar-refractivity contribution in [3.63, 3.8) is 0 Å². The summed E-state index contributed by atoms with van der Waals surface area (Å²) in [5, 5.41) is 0. The van der Waals surface area contributed by atoms with Gasteiger partial charge in [-0.15, -0.1) is 0 Å². The van der Waals surface area contributed by atoms with Crippen molar-refractivity contribution >= 4 is 5.71 Å². The lowest BCUT2D eigenvalue weighted by molar-refractivity contribution is 0.920. The predicted octanol–water partition coefficient (Wildman–Crippen LogP) is 3.21. The molecule has 1 heteroatoms. The highest BCUT2D eigenvalue weighted by atomic mass is 14.7. The maximum atomic E-state index is 4.46. The summed E-state index contributed by atoms with van der Waals surface area (Å²) in [5.41, 5.74) is 1.32. The highest BCUT2D eigenvalue weighted by Crippen LogP contribution is 1.95. The van der Waals surface area contributed by atoms with Gasteiger partial charge >= 0.3 is 0 Å². The topological polar surface area (TPSA) is 12.4 Å². The average molecular weight is 153 g/mol. The standard InChI is InChI=1S/C10H19N/c1-4-7-8-10(6-3)11-9-5-2/h4,7H,5-6,8-9H2,1-3H3/b7-4?,11-10-. The van der Waals surface area contributed by atoms with Crippen LogP contribution in [-0.4, -0.2) is 12.3 Å². The number of nitrogens with zero attached hydrogens (tertiary/aromatic N) is 1. The second-order valence-corrected chi connectivity index (χ2v) is 2.57. The maximum absolute atomic E-state index is 4.46. The van der Waals surface area contributed by atoms with Crippen molar-refractivity contribution in [2.24, 2.45) is 4.99 Å². The first-order chi connectivity index (χ1) is 5.35. The van der Waals surface area contributed by atoms with Gasteiger partial charge in [0.15, 0.2) is 0 Å². The van der Waals surface area contributed by atoms with E-state index in [1.807, 2.05) is 6.92 Å². The van der Waals surface area contributed by atoms with E-state index < -0.39 is 0 Å². The van der Waals surface area contributed by atoms with Crippen LogP contribution in [-0.2, 0) is 0 Å². The Labute approximate surface area is 70.2 Å². The lowest BCUT2D eigenvalue weighted by Crippen LogP contribution is -1.95. The van der Waals surface area contributed by atoms with Crippen LogP contribution in [0.3, 0.4) is 0 Å². The molecule has 0 fully saturated rings. The molecule has 0 N–H and O–H groups in total. The van der Waals surface area contributed by atoms with E-state index in [2.05, 4.69) is 31.0 Å². The molecule has 0 amide bonds. The molecule has 0 bridgehead atoms. The molecule has 1 nitrogen and oxygen atoms in total. The van der Waals surface area contributed by atoms with E-state index in [0.717, 1.165) is 25.8 Å². The molecule has 0 saturated heterocycles. The third-order valence-corrected chi connectivity index (χ3v) is 1.56. The van der Waals surface area contributed by atoms with E-state index in [-0.39, 0.29) is 0 Å². The largest absolute Gasteiger partial charge is 0.294 e. The monoisotopic (exact) mass is 153 g/mol. The summed E-state index contributed by atoms with van der Waals surface area (Å²) in [6.45, 7) is 7.36. The van der Waals surface area contributed by atoms with Crippen molar-refractivity contribution in [3.05, 3.63) is 12.2 Å². The molecule has 0 aromatic rings. The second kappa shape index (κ2) is 7.52. The van der Waals surface area contributed by atoms with Crippen LogP contribution in [0, 0.1) is 0 Å². The number of hydrogen-bond acceptors (Lipinski definition) is 1. The van der Waals surface area contributed by atoms with Gasteiger partial charge < -0.3 is 0 Å². The molecule has 0 aromatic carbocycles. The Hall–Kier alpha value is -0.590. The average Bonchev–Trinajstić information content (AvgIpc) is 2.05. The zero-order chi connectivity index (χ0) is 8.53. The molecule has 11 heavy (non-hydrogen) atoms. The van der Waals surface area contributed by atoms with Gasteiger partial charge in [0.05, 0.1) is 0 Å². The Bertz CT molecular complexity index is 134. The van der Waals surface area contributed by atoms with Crippen LogP contribution in [0.15, 0.2) is 17.1 Å². The van der Waals surface area contributed by atoms with Crippen LogP contribution >= 0.6 is 0 Å². The van der Waals surface area contributed by atoms with E-state index in [1.54, 1.807) is 0 Å². The summed E-state index contributed by atoms with van der Waals surface area (Å²) in [6, 6.07) is 0. The molecule has 0 radical (unpaired) electrons. The molecule has 0 aliphatic carbocycles. The van der Waals surface area contributed by atoms with Gasteiger partial charge in [-0.25, -0.2) is 0 Å². The summed E-state index contributed by atoms with van der Waals surface area (Å²) in [4.78, 5) is 4.46. The van der Waals surface area contributed by atoms with Gasteiger partial charge in [-0.1, -0.05) is 26.0 Å². The van der Waals surface area contributed by atoms with Crippen LogP contribution in [0.5, 0.6) is 0 Å². The molecule has 0 aliphatic heterocycles. The molecular weight excluding hydrogens is 134 g/mol. The first kappa shape index (κ1) is 10.4. The Kier molecular flexibility index (Phi) is 7.11. The molecule has 0 aliphatic rings. The van der Waals surface area contributed by atoms with Crippen LogP contribution in [0.1, 0.15) is 40.0 Å². The Morgan fingerprint density at radius 3 is 2.55 bits per heavy atom. The van der Waals surface area contributed by atoms with Gasteiger partial charge in [0.25, 0.3) is 0 Å². The van der Waals surface area contributed by atoms with Crippen LogP contribution in [0.4, 0.5) is 0 Å². The van der Waals surface area contributed by atoms with E-state index in [9.17, 15) is 0 Å². The smallest absolute Gasteiger partial charge is 0.0386 e. The molecule has 0 aromatic heterocycles. The first-order valence-corrected chi connectivity index (χ1v) is 4.48. The highest BCUT2D eigenvalue weighted by Gasteiger charge is 1.90. The van der Waals surface area contributed by atoms with Crippen molar-refractivity contribution in [2.75, 3.05) is 6.54 Å². The van der Waals surface area contributed by atoms with E-state index in [4.69, 9.17) is 0 Å². The van der Waals surface area contributed by atoms with Crippen molar-refractivity contribution in [2.45, 2.75) is 40.0 Å². The maximum Gasteiger partial charge on any atom is 0.0386 e. The van der Waals surface area contributed by atoms with Gasteiger partial charge in [0.2, 0.25) is 0 Å². The molecule has 0 unspecified atom stereocenters. The van der Waals surface area contributed by atoms with Crippen molar-refractivity contribution in [3.8, 4) is 0 Å². The SMILES string of the molecule is CC=CC/C(CC)=N\CCC. The second-order valence-electron chi connectivity index (χ2n) is 2.57. The Balaban J connectivity index is 3.73. The van der Waals surface area contributed by atoms with Crippen LogP contribution in [0.25, 0.3) is 0 Å². The van der Waals surface area contributed by atoms with Crippen molar-refractivity contribution in [1.29, 1.82) is 0 Å². The summed E-state index contributed by atoms with van der Waals surface area (Å²) >= 11 is 0. The van der Waals surface area contributed by atoms with Gasteiger partial charge in [-0.05, 0) is 19.8 Å². The zero-order valence-corrected chi connectivity index (χ0v) is 7.93. The molecule has 0 heterocycles. The van der Waals surface area contributed by atoms with E-state index >= 15 is 0 Å². The van der Waals surface area contributed by atoms with Gasteiger partial charge in [-0.3, -0.25) is 4.99 Å². The van der Waals surface area contributed by atoms with Gasteiger partial charge in [0.1, 0.15) is 0 Å². The third-order valence-electron chi connectivity index (χ3n) is 1.56. The summed E-state index contributed by atoms with van der Waals surface area (Å²) in [7, 11) is 0. The summed E-state index contributed by atoms with van der Waals surface area (Å²) in [6.07, 6.45) is 7.52. The lowest BCUT2D eigenvalue weighted by Gasteiger charge is -1.98. The molecular formula is C10H19N. The fourth-order valence-electron chi connectivity index (χ4n) is 0.844. The number of aliphatic imine (C=N–C) groups is 1. The summed E-state index contributed by atoms with van der Waals surface area (Å²) in [5.74, 6) is 0. The minimum Gasteiger partial charge on any atom is -0.294 e. The molecule has 0 rings (SSSR count). The highest BCUT2D eigenvalue weighted by molar-refractivity contribution is 5.85. The van der Waals surface area contributed by atoms with Crippen LogP contribution < -0.4 is 0 Å². The van der Waals surface area contributed by atoms with Gasteiger partial charge in [-0.2, -0.15) is 0 Å². The normalized spacial score (nSPS) is 12.8. The summed E-state index contributed by atoms with van der Waals surface area (Å²) < 4.78 is 0. The fraction of sp³-hybridized carbons (Fsp3) is 0.700. The number of allylic oxidation sites excluding steroid dienone is 2. The number of rotatable bonds is 5. The molecule has 0 spiro atoms. The van der Waals surface area contributed by atoms with E-state index in [1.165, 1.54) is 5.71 Å². The minimum absolute atomic E-state index is 0.987. The van der Waals surface area contributed by atoms with E-state index in [0.29, 0.717) is 0 Å². The first-order valence-electron chi connectivity index (χ1n) is 4.48. The predicted molar refractivity (Wildman–Crippen MR) is 52.3 cm³/mol. The molecule has 0 atom stereocenters. The van der Waals surface area contributed by atoms with Crippen molar-refractivity contribution < 1.29 is 0 Å². The fourth-order valence-corrected chi connectivity index (χ4v) is 0.844. The minimum atomic E-state index is 0.987. The number of hydrogen-bond donors (Lipinski definition) is 0. The van der Waals surface area contributed by atoms with Crippen LogP contribution in [0.2, 0.25) is 0 Å². The third kappa shape index (κ3) is 5.84. The Morgan fingerprint density at radius 1 is 1.36 bits per heavy atom. The molecule has 0 saturated carbocycles.